The van der Waals surface area contributed by atoms with Gasteiger partial charge < -0.3 is 9.32 Å². The van der Waals surface area contributed by atoms with E-state index in [2.05, 4.69) is 10.6 Å². The van der Waals surface area contributed by atoms with E-state index >= 15 is 0 Å². The predicted octanol–water partition coefficient (Wildman–Crippen LogP) is 2.27. The quantitative estimate of drug-likeness (QED) is 0.345. The van der Waals surface area contributed by atoms with Crippen molar-refractivity contribution in [2.75, 3.05) is 11.4 Å². The molecule has 2 fully saturated rings. The van der Waals surface area contributed by atoms with E-state index in [-0.39, 0.29) is 67.4 Å². The summed E-state index contributed by atoms with van der Waals surface area (Å²) in [5.41, 5.74) is 2.76. The molecule has 0 bridgehead atoms. The van der Waals surface area contributed by atoms with Gasteiger partial charge in [-0.05, 0) is 48.7 Å². The number of piperidine rings is 1. The third-order valence-corrected chi connectivity index (χ3v) is 7.73. The average Bonchev–Trinajstić information content (AvgIpc) is 3.49. The molecule has 2 N–H and O–H groups in total. The van der Waals surface area contributed by atoms with Gasteiger partial charge in [0.15, 0.2) is 11.6 Å². The van der Waals surface area contributed by atoms with Crippen molar-refractivity contribution < 1.29 is 38.0 Å². The maximum absolute atomic E-state index is 13.4. The van der Waals surface area contributed by atoms with Crippen LogP contribution in [0.1, 0.15) is 68.4 Å². The fourth-order valence-corrected chi connectivity index (χ4v) is 5.56. The van der Waals surface area contributed by atoms with E-state index < -0.39 is 29.8 Å². The van der Waals surface area contributed by atoms with Crippen LogP contribution >= 0.6 is 0 Å². The third kappa shape index (κ3) is 4.56. The van der Waals surface area contributed by atoms with Crippen molar-refractivity contribution in [3.63, 3.8) is 0 Å². The van der Waals surface area contributed by atoms with Gasteiger partial charge in [-0.1, -0.05) is 6.07 Å². The van der Waals surface area contributed by atoms with Gasteiger partial charge >= 0.3 is 6.03 Å². The van der Waals surface area contributed by atoms with Crippen molar-refractivity contribution in [3.05, 3.63) is 64.4 Å². The Balaban J connectivity index is 1.28. The molecule has 3 aromatic rings. The van der Waals surface area contributed by atoms with Crippen molar-refractivity contribution in [1.82, 2.24) is 15.5 Å². The molecule has 0 saturated carbocycles. The van der Waals surface area contributed by atoms with Gasteiger partial charge in [-0.2, -0.15) is 0 Å². The van der Waals surface area contributed by atoms with Crippen LogP contribution < -0.4 is 15.5 Å². The second-order valence-corrected chi connectivity index (χ2v) is 10.3. The maximum atomic E-state index is 13.4. The SMILES string of the molecule is CC(=O)c1cc(CC(=O)c2ccc3c(N4CCC(=O)NC4=O)coc3c2)c2c(c1)C(=O)N(C1CCC(=O)NC1=O)C2. The Kier molecular flexibility index (Phi) is 6.24. The third-order valence-electron chi connectivity index (χ3n) is 7.73. The molecule has 1 atom stereocenters. The van der Waals surface area contributed by atoms with E-state index in [1.54, 1.807) is 24.3 Å². The highest BCUT2D eigenvalue weighted by atomic mass is 16.3. The van der Waals surface area contributed by atoms with Gasteiger partial charge in [-0.15, -0.1) is 0 Å². The molecular weight excluding hydrogens is 532 g/mol. The lowest BCUT2D eigenvalue weighted by Crippen LogP contribution is -2.52. The van der Waals surface area contributed by atoms with Crippen LogP contribution in [0.3, 0.4) is 0 Å². The highest BCUT2D eigenvalue weighted by Crippen LogP contribution is 2.34. The van der Waals surface area contributed by atoms with Crippen LogP contribution in [-0.2, 0) is 27.3 Å². The van der Waals surface area contributed by atoms with Crippen molar-refractivity contribution in [3.8, 4) is 0 Å². The van der Waals surface area contributed by atoms with Gasteiger partial charge in [-0.25, -0.2) is 4.79 Å². The number of amides is 6. The Morgan fingerprint density at radius 3 is 2.49 bits per heavy atom. The monoisotopic (exact) mass is 556 g/mol. The number of benzene rings is 2. The molecule has 2 aromatic carbocycles. The number of urea groups is 1. The van der Waals surface area contributed by atoms with Crippen LogP contribution in [0.4, 0.5) is 10.5 Å². The first-order valence-electron chi connectivity index (χ1n) is 13.1. The van der Waals surface area contributed by atoms with Gasteiger partial charge in [-0.3, -0.25) is 44.3 Å². The minimum atomic E-state index is -0.826. The minimum absolute atomic E-state index is 0.0716. The molecule has 6 rings (SSSR count). The Bertz CT molecular complexity index is 1720. The molecule has 0 spiro atoms. The average molecular weight is 557 g/mol. The molecule has 12 heteroatoms. The number of Topliss-reactive ketones (excluding diaryl/α,β-unsaturated/α-hetero) is 2. The number of rotatable bonds is 6. The summed E-state index contributed by atoms with van der Waals surface area (Å²) in [6.07, 6.45) is 1.74. The van der Waals surface area contributed by atoms with Gasteiger partial charge in [0.05, 0.1) is 5.69 Å². The van der Waals surface area contributed by atoms with Crippen LogP contribution in [0.5, 0.6) is 0 Å². The Morgan fingerprint density at radius 2 is 1.76 bits per heavy atom. The van der Waals surface area contributed by atoms with Gasteiger partial charge in [0.2, 0.25) is 17.7 Å². The number of furan rings is 1. The molecule has 2 saturated heterocycles. The summed E-state index contributed by atoms with van der Waals surface area (Å²) in [5.74, 6) is -2.29. The van der Waals surface area contributed by atoms with Crippen molar-refractivity contribution in [2.45, 2.75) is 45.2 Å². The predicted molar refractivity (Wildman–Crippen MR) is 142 cm³/mol. The topological polar surface area (TPSA) is 163 Å². The highest BCUT2D eigenvalue weighted by Gasteiger charge is 2.40. The number of anilines is 1. The summed E-state index contributed by atoms with van der Waals surface area (Å²) >= 11 is 0. The fourth-order valence-electron chi connectivity index (χ4n) is 5.56. The molecule has 0 aliphatic carbocycles. The van der Waals surface area contributed by atoms with Crippen molar-refractivity contribution in [1.29, 1.82) is 0 Å². The van der Waals surface area contributed by atoms with E-state index in [1.165, 1.54) is 29.1 Å². The number of imide groups is 2. The number of ketones is 2. The normalized spacial score (nSPS) is 19.0. The fraction of sp³-hybridized carbons (Fsp3) is 0.276. The van der Waals surface area contributed by atoms with E-state index in [9.17, 15) is 33.6 Å². The second-order valence-electron chi connectivity index (χ2n) is 10.3. The number of carbonyl (C=O) groups is 7. The summed E-state index contributed by atoms with van der Waals surface area (Å²) in [5, 5.41) is 5.12. The molecule has 6 amide bonds. The van der Waals surface area contributed by atoms with Crippen LogP contribution in [-0.4, -0.2) is 58.7 Å². The van der Waals surface area contributed by atoms with Crippen LogP contribution in [0.15, 0.2) is 41.0 Å². The number of fused-ring (bicyclic) bond motifs is 2. The zero-order valence-corrected chi connectivity index (χ0v) is 21.9. The molecule has 3 aliphatic rings. The van der Waals surface area contributed by atoms with E-state index in [1.807, 2.05) is 0 Å². The van der Waals surface area contributed by atoms with Crippen LogP contribution in [0.25, 0.3) is 11.0 Å². The summed E-state index contributed by atoms with van der Waals surface area (Å²) in [6, 6.07) is 6.53. The molecule has 0 radical (unpaired) electrons. The number of carbonyl (C=O) groups excluding carboxylic acids is 7. The number of nitrogens with one attached hydrogen (secondary N) is 2. The molecule has 3 aliphatic heterocycles. The number of hydrogen-bond donors (Lipinski definition) is 2. The maximum Gasteiger partial charge on any atom is 0.328 e. The zero-order valence-electron chi connectivity index (χ0n) is 21.9. The molecule has 1 aromatic heterocycles. The first-order chi connectivity index (χ1) is 19.6. The summed E-state index contributed by atoms with van der Waals surface area (Å²) in [4.78, 5) is 89.7. The largest absolute Gasteiger partial charge is 0.462 e. The minimum Gasteiger partial charge on any atom is -0.462 e. The first-order valence-corrected chi connectivity index (χ1v) is 13.1. The smallest absolute Gasteiger partial charge is 0.328 e. The zero-order chi connectivity index (χ0) is 29.0. The molecule has 208 valence electrons. The number of hydrogen-bond acceptors (Lipinski definition) is 8. The Labute approximate surface area is 232 Å². The lowest BCUT2D eigenvalue weighted by atomic mass is 9.93. The molecule has 1 unspecified atom stereocenters. The molecule has 12 nitrogen and oxygen atoms in total. The first kappa shape index (κ1) is 26.1. The van der Waals surface area contributed by atoms with E-state index in [4.69, 9.17) is 4.42 Å². The Morgan fingerprint density at radius 1 is 0.976 bits per heavy atom. The van der Waals surface area contributed by atoms with Gasteiger partial charge in [0.25, 0.3) is 5.91 Å². The molecular formula is C29H24N4O8. The molecule has 4 heterocycles. The lowest BCUT2D eigenvalue weighted by Gasteiger charge is -2.29. The van der Waals surface area contributed by atoms with Crippen molar-refractivity contribution in [2.24, 2.45) is 0 Å². The Hall–Kier alpha value is -5.13. The molecule has 41 heavy (non-hydrogen) atoms. The van der Waals surface area contributed by atoms with E-state index in [0.717, 1.165) is 0 Å². The van der Waals surface area contributed by atoms with Gasteiger partial charge in [0, 0.05) is 54.4 Å². The second kappa shape index (κ2) is 9.81. The summed E-state index contributed by atoms with van der Waals surface area (Å²) in [7, 11) is 0. The van der Waals surface area contributed by atoms with Crippen molar-refractivity contribution >= 4 is 57.9 Å². The van der Waals surface area contributed by atoms with Gasteiger partial charge in [0.1, 0.15) is 17.9 Å². The summed E-state index contributed by atoms with van der Waals surface area (Å²) < 4.78 is 5.64. The van der Waals surface area contributed by atoms with Crippen LogP contribution in [0.2, 0.25) is 0 Å². The lowest BCUT2D eigenvalue weighted by molar-refractivity contribution is -0.137. The number of nitrogens with zero attached hydrogens (tertiary/aromatic N) is 2. The highest BCUT2D eigenvalue weighted by molar-refractivity contribution is 6.11. The van der Waals surface area contributed by atoms with E-state index in [0.29, 0.717) is 33.3 Å². The summed E-state index contributed by atoms with van der Waals surface area (Å²) in [6.45, 7) is 1.64. The standard InChI is InChI=1S/C29H24N4O8/c1-14(34)16-8-17(20-12-33(28(39)19(20)9-16)21-4-5-25(36)30-27(21)38)10-23(35)15-2-3-18-22(13-41-24(18)11-15)32-7-6-26(37)31-29(32)40/h2-3,8-9,11,13,21H,4-7,10,12H2,1H3,(H,30,36,38)(H,31,37,40). The van der Waals surface area contributed by atoms with Crippen LogP contribution in [0, 0.1) is 0 Å².